The Morgan fingerprint density at radius 3 is 2.52 bits per heavy atom. The predicted octanol–water partition coefficient (Wildman–Crippen LogP) is 3.64. The summed E-state index contributed by atoms with van der Waals surface area (Å²) in [5, 5.41) is 9.86. The Morgan fingerprint density at radius 2 is 1.93 bits per heavy atom. The Labute approximate surface area is 173 Å². The molecule has 7 nitrogen and oxygen atoms in total. The minimum Gasteiger partial charge on any atom is -0.444 e. The zero-order valence-corrected chi connectivity index (χ0v) is 17.6. The van der Waals surface area contributed by atoms with Crippen molar-refractivity contribution in [3.63, 3.8) is 0 Å². The second-order valence-corrected chi connectivity index (χ2v) is 9.72. The first-order chi connectivity index (χ1) is 13.7. The molecule has 8 heteroatoms. The summed E-state index contributed by atoms with van der Waals surface area (Å²) in [7, 11) is 0. The van der Waals surface area contributed by atoms with E-state index in [1.165, 1.54) is 0 Å². The molecule has 0 unspecified atom stereocenters. The molecule has 2 aromatic rings. The number of aromatic nitrogens is 1. The van der Waals surface area contributed by atoms with Crippen LogP contribution in [0.4, 0.5) is 4.79 Å². The first-order valence-electron chi connectivity index (χ1n) is 9.74. The number of ether oxygens (including phenoxy) is 1. The van der Waals surface area contributed by atoms with Gasteiger partial charge in [-0.15, -0.1) is 11.3 Å². The monoisotopic (exact) mass is 415 g/mol. The molecule has 1 fully saturated rings. The summed E-state index contributed by atoms with van der Waals surface area (Å²) >= 11 is 1.67. The largest absolute Gasteiger partial charge is 0.444 e. The fourth-order valence-electron chi connectivity index (χ4n) is 3.64. The molecule has 154 valence electrons. The van der Waals surface area contributed by atoms with E-state index in [1.807, 2.05) is 32.9 Å². The topological polar surface area (TPSA) is 91.8 Å². The van der Waals surface area contributed by atoms with Crippen LogP contribution in [0.1, 0.15) is 65.1 Å². The smallest absolute Gasteiger partial charge is 0.410 e. The van der Waals surface area contributed by atoms with Gasteiger partial charge in [-0.1, -0.05) is 12.1 Å². The molecule has 0 atom stereocenters. The number of fused-ring (bicyclic) bond motifs is 1. The third kappa shape index (κ3) is 3.86. The molecule has 1 aromatic carbocycles. The average molecular weight is 416 g/mol. The lowest BCUT2D eigenvalue weighted by Gasteiger charge is -2.29. The number of rotatable bonds is 3. The second-order valence-electron chi connectivity index (χ2n) is 8.64. The average Bonchev–Trinajstić information content (AvgIpc) is 3.38. The molecule has 0 radical (unpaired) electrons. The van der Waals surface area contributed by atoms with Crippen molar-refractivity contribution >= 4 is 23.3 Å². The Morgan fingerprint density at radius 1 is 1.24 bits per heavy atom. The normalized spacial score (nSPS) is 17.4. The van der Waals surface area contributed by atoms with E-state index < -0.39 is 11.5 Å². The number of carbonyl (C=O) groups is 2. The van der Waals surface area contributed by atoms with Gasteiger partial charge in [0.25, 0.3) is 5.91 Å². The fraction of sp³-hybridized carbons (Fsp3) is 0.476. The maximum atomic E-state index is 12.4. The highest BCUT2D eigenvalue weighted by atomic mass is 32.1. The van der Waals surface area contributed by atoms with Crippen LogP contribution in [-0.2, 0) is 23.1 Å². The highest BCUT2D eigenvalue weighted by Crippen LogP contribution is 2.55. The summed E-state index contributed by atoms with van der Waals surface area (Å²) in [6.07, 6.45) is 2.48. The van der Waals surface area contributed by atoms with E-state index in [1.54, 1.807) is 33.8 Å². The lowest BCUT2D eigenvalue weighted by molar-refractivity contribution is 0.0225. The third-order valence-corrected chi connectivity index (χ3v) is 6.63. The Bertz CT molecular complexity index is 942. The third-order valence-electron chi connectivity index (χ3n) is 5.34. The van der Waals surface area contributed by atoms with Gasteiger partial charge < -0.3 is 9.64 Å². The molecule has 1 saturated carbocycles. The maximum Gasteiger partial charge on any atom is 0.410 e. The number of hydrogen-bond acceptors (Lipinski definition) is 6. The van der Waals surface area contributed by atoms with Gasteiger partial charge >= 0.3 is 6.09 Å². The van der Waals surface area contributed by atoms with Gasteiger partial charge in [0, 0.05) is 28.8 Å². The van der Waals surface area contributed by atoms with Gasteiger partial charge in [-0.2, -0.15) is 0 Å². The molecule has 2 N–H and O–H groups in total. The van der Waals surface area contributed by atoms with Crippen molar-refractivity contribution in [1.82, 2.24) is 15.4 Å². The van der Waals surface area contributed by atoms with E-state index in [0.29, 0.717) is 18.7 Å². The number of carbonyl (C=O) groups excluding carboxylic acids is 2. The predicted molar refractivity (Wildman–Crippen MR) is 108 cm³/mol. The van der Waals surface area contributed by atoms with Gasteiger partial charge in [0.2, 0.25) is 0 Å². The van der Waals surface area contributed by atoms with Crippen LogP contribution in [0.25, 0.3) is 0 Å². The molecule has 4 rings (SSSR count). The summed E-state index contributed by atoms with van der Waals surface area (Å²) in [6.45, 7) is 6.77. The van der Waals surface area contributed by atoms with Crippen LogP contribution in [0.5, 0.6) is 0 Å². The van der Waals surface area contributed by atoms with E-state index >= 15 is 0 Å². The molecule has 0 spiro atoms. The molecule has 1 aromatic heterocycles. The molecular weight excluding hydrogens is 390 g/mol. The van der Waals surface area contributed by atoms with Crippen LogP contribution in [0.15, 0.2) is 24.3 Å². The lowest BCUT2D eigenvalue weighted by atomic mass is 9.95. The Balaban J connectivity index is 1.53. The number of nitrogens with zero attached hydrogens (tertiary/aromatic N) is 2. The van der Waals surface area contributed by atoms with Crippen LogP contribution in [0, 0.1) is 0 Å². The van der Waals surface area contributed by atoms with E-state index in [4.69, 9.17) is 14.9 Å². The SMILES string of the molecule is CC(C)(C)OC(=O)N1CCc2nc(C3(c4ccc(C(=O)NO)cc4)CC3)sc2C1. The van der Waals surface area contributed by atoms with Crippen LogP contribution >= 0.6 is 11.3 Å². The standard InChI is InChI=1S/C21H25N3O4S/c1-20(2,3)28-19(26)24-11-8-15-16(12-24)29-18(22-15)21(9-10-21)14-6-4-13(5-7-14)17(25)23-27/h4-7,27H,8-12H2,1-3H3,(H,23,25). The summed E-state index contributed by atoms with van der Waals surface area (Å²) in [5.74, 6) is -0.520. The summed E-state index contributed by atoms with van der Waals surface area (Å²) in [4.78, 5) is 31.8. The molecule has 1 aliphatic carbocycles. The van der Waals surface area contributed by atoms with Crippen molar-refractivity contribution in [1.29, 1.82) is 0 Å². The molecule has 2 aliphatic rings. The summed E-state index contributed by atoms with van der Waals surface area (Å²) in [5.41, 5.74) is 3.66. The maximum absolute atomic E-state index is 12.4. The van der Waals surface area contributed by atoms with Crippen LogP contribution in [0.2, 0.25) is 0 Å². The number of benzene rings is 1. The summed E-state index contributed by atoms with van der Waals surface area (Å²) in [6, 6.07) is 7.31. The van der Waals surface area contributed by atoms with Crippen LogP contribution in [-0.4, -0.2) is 39.2 Å². The van der Waals surface area contributed by atoms with Gasteiger partial charge in [0.1, 0.15) is 10.6 Å². The fourth-order valence-corrected chi connectivity index (χ4v) is 5.03. The number of hydroxylamine groups is 1. The first kappa shape index (κ1) is 19.8. The molecule has 1 aliphatic heterocycles. The van der Waals surface area contributed by atoms with Crippen molar-refractivity contribution in [2.75, 3.05) is 6.54 Å². The van der Waals surface area contributed by atoms with Crippen molar-refractivity contribution < 1.29 is 19.5 Å². The zero-order chi connectivity index (χ0) is 20.8. The number of nitrogens with one attached hydrogen (secondary N) is 1. The van der Waals surface area contributed by atoms with E-state index in [-0.39, 0.29) is 11.5 Å². The lowest BCUT2D eigenvalue weighted by Crippen LogP contribution is -2.39. The minimum atomic E-state index is -0.520. The van der Waals surface area contributed by atoms with Crippen molar-refractivity contribution in [3.8, 4) is 0 Å². The van der Waals surface area contributed by atoms with Gasteiger partial charge in [-0.3, -0.25) is 10.0 Å². The molecule has 0 saturated heterocycles. The van der Waals surface area contributed by atoms with Gasteiger partial charge in [0.05, 0.1) is 12.2 Å². The van der Waals surface area contributed by atoms with Gasteiger partial charge in [-0.05, 0) is 51.3 Å². The van der Waals surface area contributed by atoms with Gasteiger partial charge in [0.15, 0.2) is 0 Å². The molecule has 2 amide bonds. The van der Waals surface area contributed by atoms with E-state index in [2.05, 4.69) is 0 Å². The zero-order valence-electron chi connectivity index (χ0n) is 16.8. The first-order valence-corrected chi connectivity index (χ1v) is 10.6. The van der Waals surface area contributed by atoms with E-state index in [9.17, 15) is 9.59 Å². The summed E-state index contributed by atoms with van der Waals surface area (Å²) < 4.78 is 5.51. The Hall–Kier alpha value is -2.45. The minimum absolute atomic E-state index is 0.104. The number of thiazole rings is 1. The second kappa shape index (κ2) is 7.11. The Kier molecular flexibility index (Phi) is 4.86. The molecular formula is C21H25N3O4S. The van der Waals surface area contributed by atoms with E-state index in [0.717, 1.165) is 40.4 Å². The quantitative estimate of drug-likeness (QED) is 0.590. The van der Waals surface area contributed by atoms with Crippen molar-refractivity contribution in [2.45, 2.75) is 57.6 Å². The molecule has 2 heterocycles. The van der Waals surface area contributed by atoms with Crippen molar-refractivity contribution in [2.24, 2.45) is 0 Å². The number of hydrogen-bond donors (Lipinski definition) is 2. The highest BCUT2D eigenvalue weighted by molar-refractivity contribution is 7.12. The van der Waals surface area contributed by atoms with Crippen molar-refractivity contribution in [3.05, 3.63) is 51.0 Å². The van der Waals surface area contributed by atoms with Crippen LogP contribution < -0.4 is 5.48 Å². The van der Waals surface area contributed by atoms with Gasteiger partial charge in [-0.25, -0.2) is 15.3 Å². The molecule has 29 heavy (non-hydrogen) atoms. The number of amides is 2. The highest BCUT2D eigenvalue weighted by Gasteiger charge is 2.49. The van der Waals surface area contributed by atoms with Crippen LogP contribution in [0.3, 0.4) is 0 Å². The molecule has 0 bridgehead atoms.